The van der Waals surface area contributed by atoms with Crippen LogP contribution in [-0.4, -0.2) is 0 Å². The van der Waals surface area contributed by atoms with Crippen molar-refractivity contribution in [1.29, 1.82) is 0 Å². The highest BCUT2D eigenvalue weighted by Crippen LogP contribution is 2.35. The maximum absolute atomic E-state index is 2.27. The first-order valence-corrected chi connectivity index (χ1v) is 5.64. The summed E-state index contributed by atoms with van der Waals surface area (Å²) in [5, 5.41) is 0. The Morgan fingerprint density at radius 1 is 0.786 bits per heavy atom. The molecule has 1 heterocycles. The average Bonchev–Trinajstić information content (AvgIpc) is 2.28. The lowest BCUT2D eigenvalue weighted by Gasteiger charge is -2.18. The van der Waals surface area contributed by atoms with Crippen molar-refractivity contribution >= 4 is 11.3 Å². The molecule has 0 N–H and O–H groups in total. The quantitative estimate of drug-likeness (QED) is 0.569. The minimum absolute atomic E-state index is 0. The van der Waals surface area contributed by atoms with Gasteiger partial charge in [-0.2, -0.15) is 0 Å². The highest BCUT2D eigenvalue weighted by molar-refractivity contribution is 7.12. The molecule has 0 nitrogen and oxygen atoms in total. The number of rotatable bonds is 0. The smallest absolute Gasteiger partial charge is 0.0102 e. The van der Waals surface area contributed by atoms with Crippen LogP contribution in [0.15, 0.2) is 12.1 Å². The van der Waals surface area contributed by atoms with Gasteiger partial charge in [0.05, 0.1) is 0 Å². The maximum Gasteiger partial charge on any atom is 0.0102 e. The fourth-order valence-electron chi connectivity index (χ4n) is 1.14. The Hall–Kier alpha value is -0.300. The van der Waals surface area contributed by atoms with E-state index in [1.165, 1.54) is 9.75 Å². The highest BCUT2D eigenvalue weighted by Gasteiger charge is 2.21. The van der Waals surface area contributed by atoms with Gasteiger partial charge >= 0.3 is 0 Å². The molecule has 0 fully saturated rings. The van der Waals surface area contributed by atoms with Crippen LogP contribution in [0.25, 0.3) is 0 Å². The Balaban J connectivity index is 0.00000169. The van der Waals surface area contributed by atoms with Crippen molar-refractivity contribution in [1.82, 2.24) is 0 Å². The largest absolute Gasteiger partial charge is 0.144 e. The molecule has 0 bridgehead atoms. The molecule has 0 aliphatic rings. The summed E-state index contributed by atoms with van der Waals surface area (Å²) in [5.74, 6) is 0. The van der Waals surface area contributed by atoms with E-state index < -0.39 is 0 Å². The van der Waals surface area contributed by atoms with Crippen LogP contribution in [0.2, 0.25) is 0 Å². The first-order valence-electron chi connectivity index (χ1n) is 4.82. The van der Waals surface area contributed by atoms with Crippen molar-refractivity contribution in [3.63, 3.8) is 0 Å². The molecular weight excluding hydrogens is 188 g/mol. The van der Waals surface area contributed by atoms with E-state index >= 15 is 0 Å². The summed E-state index contributed by atoms with van der Waals surface area (Å²) in [6, 6.07) is 4.54. The first kappa shape index (κ1) is 13.7. The van der Waals surface area contributed by atoms with Gasteiger partial charge in [-0.15, -0.1) is 11.3 Å². The molecule has 0 aliphatic carbocycles. The second-order valence-electron chi connectivity index (χ2n) is 5.66. The molecule has 0 aliphatic heterocycles. The van der Waals surface area contributed by atoms with Gasteiger partial charge in [-0.05, 0) is 23.0 Å². The van der Waals surface area contributed by atoms with Crippen LogP contribution >= 0.6 is 11.3 Å². The van der Waals surface area contributed by atoms with Crippen molar-refractivity contribution in [3.05, 3.63) is 21.9 Å². The van der Waals surface area contributed by atoms with Crippen molar-refractivity contribution in [2.75, 3.05) is 0 Å². The minimum atomic E-state index is 0. The van der Waals surface area contributed by atoms with Crippen molar-refractivity contribution in [3.8, 4) is 0 Å². The third-order valence-corrected chi connectivity index (χ3v) is 4.02. The second-order valence-corrected chi connectivity index (χ2v) is 6.75. The van der Waals surface area contributed by atoms with Gasteiger partial charge in [0.2, 0.25) is 0 Å². The van der Waals surface area contributed by atoms with Gasteiger partial charge < -0.3 is 0 Å². The van der Waals surface area contributed by atoms with Gasteiger partial charge in [0.25, 0.3) is 0 Å². The SMILES string of the molecule is C.CC(C)(C)c1ccc(C(C)(C)C)s1. The van der Waals surface area contributed by atoms with Crippen LogP contribution in [-0.2, 0) is 10.8 Å². The van der Waals surface area contributed by atoms with E-state index in [4.69, 9.17) is 0 Å². The predicted octanol–water partition coefficient (Wildman–Crippen LogP) is 4.98. The molecular formula is C13H24S. The molecule has 0 saturated heterocycles. The maximum atomic E-state index is 2.27. The average molecular weight is 212 g/mol. The highest BCUT2D eigenvalue weighted by atomic mass is 32.1. The lowest BCUT2D eigenvalue weighted by Crippen LogP contribution is -2.09. The molecule has 0 radical (unpaired) electrons. The van der Waals surface area contributed by atoms with Crippen LogP contribution in [0.3, 0.4) is 0 Å². The molecule has 1 heteroatoms. The standard InChI is InChI=1S/C12H20S.CH4/c1-11(2,3)9-7-8-10(13-9)12(4,5)6;/h7-8H,1-6H3;1H4. The normalized spacial score (nSPS) is 12.4. The summed E-state index contributed by atoms with van der Waals surface area (Å²) in [6.07, 6.45) is 0. The van der Waals surface area contributed by atoms with Gasteiger partial charge in [0.1, 0.15) is 0 Å². The molecule has 1 aromatic heterocycles. The topological polar surface area (TPSA) is 0 Å². The van der Waals surface area contributed by atoms with E-state index in [-0.39, 0.29) is 7.43 Å². The number of hydrogen-bond acceptors (Lipinski definition) is 1. The summed E-state index contributed by atoms with van der Waals surface area (Å²) in [4.78, 5) is 2.97. The van der Waals surface area contributed by atoms with E-state index in [0.29, 0.717) is 10.8 Å². The molecule has 0 spiro atoms. The molecule has 82 valence electrons. The Labute approximate surface area is 93.4 Å². The molecule has 0 unspecified atom stereocenters. The van der Waals surface area contributed by atoms with E-state index in [9.17, 15) is 0 Å². The van der Waals surface area contributed by atoms with Crippen LogP contribution < -0.4 is 0 Å². The molecule has 0 atom stereocenters. The first-order chi connectivity index (χ1) is 5.71. The molecule has 0 aromatic carbocycles. The zero-order valence-electron chi connectivity index (χ0n) is 9.56. The molecule has 1 aromatic rings. The summed E-state index contributed by atoms with van der Waals surface area (Å²) >= 11 is 1.95. The van der Waals surface area contributed by atoms with Crippen LogP contribution in [0.1, 0.15) is 58.7 Å². The van der Waals surface area contributed by atoms with Crippen LogP contribution in [0.4, 0.5) is 0 Å². The third kappa shape index (κ3) is 3.13. The van der Waals surface area contributed by atoms with Crippen molar-refractivity contribution in [2.45, 2.75) is 59.8 Å². The summed E-state index contributed by atoms with van der Waals surface area (Å²) in [5.41, 5.74) is 0.600. The number of thiophene rings is 1. The van der Waals surface area contributed by atoms with E-state index in [0.717, 1.165) is 0 Å². The Kier molecular flexibility index (Phi) is 3.97. The lowest BCUT2D eigenvalue weighted by atomic mass is 9.93. The third-order valence-electron chi connectivity index (χ3n) is 2.08. The zero-order valence-corrected chi connectivity index (χ0v) is 10.4. The fraction of sp³-hybridized carbons (Fsp3) is 0.692. The van der Waals surface area contributed by atoms with Crippen LogP contribution in [0.5, 0.6) is 0 Å². The molecule has 14 heavy (non-hydrogen) atoms. The molecule has 0 amide bonds. The Morgan fingerprint density at radius 2 is 1.07 bits per heavy atom. The molecule has 0 saturated carbocycles. The van der Waals surface area contributed by atoms with Gasteiger partial charge in [-0.3, -0.25) is 0 Å². The summed E-state index contributed by atoms with van der Waals surface area (Å²) in [7, 11) is 0. The summed E-state index contributed by atoms with van der Waals surface area (Å²) < 4.78 is 0. The fourth-order valence-corrected chi connectivity index (χ4v) is 2.27. The van der Waals surface area contributed by atoms with Gasteiger partial charge in [-0.1, -0.05) is 49.0 Å². The van der Waals surface area contributed by atoms with Crippen molar-refractivity contribution < 1.29 is 0 Å². The van der Waals surface area contributed by atoms with Crippen molar-refractivity contribution in [2.24, 2.45) is 0 Å². The zero-order chi connectivity index (χ0) is 10.3. The monoisotopic (exact) mass is 212 g/mol. The van der Waals surface area contributed by atoms with Gasteiger partial charge in [0, 0.05) is 9.75 Å². The number of hydrogen-bond donors (Lipinski definition) is 0. The molecule has 1 rings (SSSR count). The van der Waals surface area contributed by atoms with E-state index in [1.54, 1.807) is 0 Å². The van der Waals surface area contributed by atoms with Crippen LogP contribution in [0, 0.1) is 0 Å². The lowest BCUT2D eigenvalue weighted by molar-refractivity contribution is 0.602. The minimum Gasteiger partial charge on any atom is -0.144 e. The second kappa shape index (κ2) is 4.06. The van der Waals surface area contributed by atoms with Gasteiger partial charge in [-0.25, -0.2) is 0 Å². The summed E-state index contributed by atoms with van der Waals surface area (Å²) in [6.45, 7) is 13.6. The van der Waals surface area contributed by atoms with E-state index in [1.807, 2.05) is 11.3 Å². The van der Waals surface area contributed by atoms with E-state index in [2.05, 4.69) is 53.7 Å². The Morgan fingerprint density at radius 3 is 1.21 bits per heavy atom. The Bertz CT molecular complexity index is 252. The predicted molar refractivity (Wildman–Crippen MR) is 68.5 cm³/mol. The van der Waals surface area contributed by atoms with Gasteiger partial charge in [0.15, 0.2) is 0 Å².